The Balaban J connectivity index is 1.39. The maximum atomic E-state index is 12.5. The number of carbonyl (C=O) groups is 1. The van der Waals surface area contributed by atoms with Crippen molar-refractivity contribution >= 4 is 16.8 Å². The van der Waals surface area contributed by atoms with Gasteiger partial charge in [0.05, 0.1) is 31.8 Å². The van der Waals surface area contributed by atoms with Gasteiger partial charge in [-0.1, -0.05) is 18.2 Å². The fourth-order valence-corrected chi connectivity index (χ4v) is 4.02. The van der Waals surface area contributed by atoms with Gasteiger partial charge in [0.25, 0.3) is 0 Å². The summed E-state index contributed by atoms with van der Waals surface area (Å²) in [6.45, 7) is 1.36. The van der Waals surface area contributed by atoms with Crippen LogP contribution in [0.3, 0.4) is 0 Å². The highest BCUT2D eigenvalue weighted by Gasteiger charge is 2.34. The summed E-state index contributed by atoms with van der Waals surface area (Å²) in [4.78, 5) is 12.5. The number of aromatic nitrogens is 1. The van der Waals surface area contributed by atoms with Crippen LogP contribution in [0.15, 0.2) is 30.5 Å². The van der Waals surface area contributed by atoms with Gasteiger partial charge in [0.2, 0.25) is 5.91 Å². The van der Waals surface area contributed by atoms with Crippen LogP contribution in [-0.2, 0) is 27.7 Å². The van der Waals surface area contributed by atoms with E-state index >= 15 is 0 Å². The molecule has 0 spiro atoms. The molecule has 1 aromatic heterocycles. The lowest BCUT2D eigenvalue weighted by Gasteiger charge is -2.39. The minimum absolute atomic E-state index is 0.0894. The van der Waals surface area contributed by atoms with Crippen molar-refractivity contribution in [2.45, 2.75) is 43.9 Å². The van der Waals surface area contributed by atoms with Gasteiger partial charge in [-0.15, -0.1) is 0 Å². The van der Waals surface area contributed by atoms with E-state index in [0.29, 0.717) is 19.6 Å². The normalized spacial score (nSPS) is 27.0. The Kier molecular flexibility index (Phi) is 4.29. The van der Waals surface area contributed by atoms with Crippen LogP contribution in [0, 0.1) is 0 Å². The molecular formula is C19H24N2O3. The molecule has 24 heavy (non-hydrogen) atoms. The molecule has 4 rings (SSSR count). The minimum atomic E-state index is 0.0894. The number of benzene rings is 1. The number of amides is 1. The molecule has 0 unspecified atom stereocenters. The van der Waals surface area contributed by atoms with Crippen molar-refractivity contribution in [3.8, 4) is 0 Å². The summed E-state index contributed by atoms with van der Waals surface area (Å²) in [5.41, 5.74) is 2.24. The van der Waals surface area contributed by atoms with E-state index in [1.807, 2.05) is 19.2 Å². The van der Waals surface area contributed by atoms with Gasteiger partial charge in [0.15, 0.2) is 0 Å². The fourth-order valence-electron chi connectivity index (χ4n) is 4.02. The van der Waals surface area contributed by atoms with E-state index in [0.717, 1.165) is 35.7 Å². The zero-order valence-electron chi connectivity index (χ0n) is 14.0. The van der Waals surface area contributed by atoms with E-state index in [4.69, 9.17) is 9.47 Å². The van der Waals surface area contributed by atoms with E-state index in [9.17, 15) is 4.79 Å². The van der Waals surface area contributed by atoms with Gasteiger partial charge in [-0.05, 0) is 30.9 Å². The largest absolute Gasteiger partial charge is 0.373 e. The molecule has 1 N–H and O–H groups in total. The molecule has 2 heterocycles. The van der Waals surface area contributed by atoms with Crippen molar-refractivity contribution in [1.29, 1.82) is 0 Å². The van der Waals surface area contributed by atoms with Crippen molar-refractivity contribution in [3.63, 3.8) is 0 Å². The lowest BCUT2D eigenvalue weighted by Crippen LogP contribution is -2.49. The van der Waals surface area contributed by atoms with Crippen LogP contribution in [0.1, 0.15) is 24.8 Å². The quantitative estimate of drug-likeness (QED) is 0.939. The molecule has 1 aliphatic carbocycles. The number of carbonyl (C=O) groups excluding carboxylic acids is 1. The Hall–Kier alpha value is -1.85. The highest BCUT2D eigenvalue weighted by molar-refractivity contribution is 5.89. The minimum Gasteiger partial charge on any atom is -0.373 e. The van der Waals surface area contributed by atoms with Crippen LogP contribution < -0.4 is 5.32 Å². The van der Waals surface area contributed by atoms with Crippen LogP contribution >= 0.6 is 0 Å². The number of para-hydroxylation sites is 1. The number of rotatable bonds is 3. The Bertz CT molecular complexity index is 739. The molecule has 1 aliphatic heterocycles. The molecule has 128 valence electrons. The molecule has 1 aromatic carbocycles. The fraction of sp³-hybridized carbons (Fsp3) is 0.526. The second kappa shape index (κ2) is 6.57. The highest BCUT2D eigenvalue weighted by atomic mass is 16.6. The average Bonchev–Trinajstić information content (AvgIpc) is 2.91. The van der Waals surface area contributed by atoms with Crippen molar-refractivity contribution in [2.24, 2.45) is 7.05 Å². The highest BCUT2D eigenvalue weighted by Crippen LogP contribution is 2.27. The molecule has 0 bridgehead atoms. The summed E-state index contributed by atoms with van der Waals surface area (Å²) in [6, 6.07) is 8.40. The maximum Gasteiger partial charge on any atom is 0.224 e. The zero-order chi connectivity index (χ0) is 16.5. The molecule has 0 radical (unpaired) electrons. The first-order chi connectivity index (χ1) is 11.7. The van der Waals surface area contributed by atoms with E-state index in [-0.39, 0.29) is 24.2 Å². The maximum absolute atomic E-state index is 12.5. The van der Waals surface area contributed by atoms with Crippen LogP contribution in [0.4, 0.5) is 0 Å². The molecule has 5 nitrogen and oxygen atoms in total. The van der Waals surface area contributed by atoms with E-state index in [1.54, 1.807) is 0 Å². The molecule has 2 aromatic rings. The summed E-state index contributed by atoms with van der Waals surface area (Å²) in [6.07, 6.45) is 5.60. The van der Waals surface area contributed by atoms with Gasteiger partial charge in [-0.3, -0.25) is 4.79 Å². The number of hydrogen-bond donors (Lipinski definition) is 1. The molecule has 1 saturated heterocycles. The first kappa shape index (κ1) is 15.7. The van der Waals surface area contributed by atoms with Gasteiger partial charge >= 0.3 is 0 Å². The van der Waals surface area contributed by atoms with Gasteiger partial charge in [-0.25, -0.2) is 0 Å². The first-order valence-corrected chi connectivity index (χ1v) is 8.76. The van der Waals surface area contributed by atoms with E-state index in [2.05, 4.69) is 28.2 Å². The smallest absolute Gasteiger partial charge is 0.224 e. The lowest BCUT2D eigenvalue weighted by atomic mass is 9.89. The van der Waals surface area contributed by atoms with Crippen molar-refractivity contribution in [3.05, 3.63) is 36.0 Å². The zero-order valence-corrected chi connectivity index (χ0v) is 14.0. The van der Waals surface area contributed by atoms with Gasteiger partial charge in [-0.2, -0.15) is 0 Å². The molecule has 1 saturated carbocycles. The predicted octanol–water partition coefficient (Wildman–Crippen LogP) is 2.17. The summed E-state index contributed by atoms with van der Waals surface area (Å²) in [5, 5.41) is 4.35. The summed E-state index contributed by atoms with van der Waals surface area (Å²) in [7, 11) is 2.02. The van der Waals surface area contributed by atoms with Gasteiger partial charge < -0.3 is 19.4 Å². The summed E-state index contributed by atoms with van der Waals surface area (Å²) < 4.78 is 13.6. The number of nitrogens with one attached hydrogen (secondary N) is 1. The molecule has 1 amide bonds. The first-order valence-electron chi connectivity index (χ1n) is 8.76. The molecule has 2 fully saturated rings. The number of nitrogens with zero attached hydrogens (tertiary/aromatic N) is 1. The molecular weight excluding hydrogens is 304 g/mol. The lowest BCUT2D eigenvalue weighted by molar-refractivity contribution is -0.158. The number of aryl methyl sites for hydroxylation is 1. The van der Waals surface area contributed by atoms with Crippen LogP contribution in [0.5, 0.6) is 0 Å². The number of ether oxygens (including phenoxy) is 2. The topological polar surface area (TPSA) is 52.5 Å². The third-order valence-corrected chi connectivity index (χ3v) is 5.17. The Labute approximate surface area is 141 Å². The molecule has 2 aliphatic rings. The third-order valence-electron chi connectivity index (χ3n) is 5.17. The van der Waals surface area contributed by atoms with E-state index in [1.165, 1.54) is 0 Å². The Morgan fingerprint density at radius 2 is 2.00 bits per heavy atom. The standard InChI is InChI=1S/C19H24N2O3/c1-21-12-13(15-4-2-3-5-16(15)21)10-19(22)20-14-6-7-17-18(11-14)24-9-8-23-17/h2-5,12,14,17-18H,6-11H2,1H3,(H,20,22)/t14-,17-,18+/m1/s1. The van der Waals surface area contributed by atoms with Crippen molar-refractivity contribution in [2.75, 3.05) is 13.2 Å². The summed E-state index contributed by atoms with van der Waals surface area (Å²) in [5.74, 6) is 0.0894. The monoisotopic (exact) mass is 328 g/mol. The van der Waals surface area contributed by atoms with E-state index < -0.39 is 0 Å². The predicted molar refractivity (Wildman–Crippen MR) is 91.9 cm³/mol. The van der Waals surface area contributed by atoms with Gasteiger partial charge in [0.1, 0.15) is 0 Å². The number of hydrogen-bond acceptors (Lipinski definition) is 3. The van der Waals surface area contributed by atoms with Crippen LogP contribution in [-0.4, -0.2) is 41.9 Å². The molecule has 5 heteroatoms. The van der Waals surface area contributed by atoms with Crippen LogP contribution in [0.2, 0.25) is 0 Å². The second-order valence-electron chi connectivity index (χ2n) is 6.86. The van der Waals surface area contributed by atoms with Crippen molar-refractivity contribution in [1.82, 2.24) is 9.88 Å². The molecule has 3 atom stereocenters. The van der Waals surface area contributed by atoms with Gasteiger partial charge in [0, 0.05) is 30.2 Å². The second-order valence-corrected chi connectivity index (χ2v) is 6.86. The third kappa shape index (κ3) is 3.06. The number of fused-ring (bicyclic) bond motifs is 2. The Morgan fingerprint density at radius 1 is 1.21 bits per heavy atom. The Morgan fingerprint density at radius 3 is 2.88 bits per heavy atom. The average molecular weight is 328 g/mol. The van der Waals surface area contributed by atoms with Crippen molar-refractivity contribution < 1.29 is 14.3 Å². The summed E-state index contributed by atoms with van der Waals surface area (Å²) >= 11 is 0. The van der Waals surface area contributed by atoms with Crippen LogP contribution in [0.25, 0.3) is 10.9 Å². The SMILES string of the molecule is Cn1cc(CC(=O)N[C@@H]2CC[C@H]3OCCO[C@H]3C2)c2ccccc21.